The fourth-order valence-electron chi connectivity index (χ4n) is 0.318. The Balaban J connectivity index is 0. The Labute approximate surface area is 61.4 Å². The summed E-state index contributed by atoms with van der Waals surface area (Å²) >= 11 is 0. The van der Waals surface area contributed by atoms with Crippen LogP contribution in [0.5, 0.6) is 0 Å². The van der Waals surface area contributed by atoms with Gasteiger partial charge in [0.25, 0.3) is 0 Å². The van der Waals surface area contributed by atoms with Crippen LogP contribution in [-0.2, 0) is 14.3 Å². The van der Waals surface area contributed by atoms with E-state index in [2.05, 4.69) is 0 Å². The highest BCUT2D eigenvalue weighted by Crippen LogP contribution is 1.85. The van der Waals surface area contributed by atoms with Crippen LogP contribution in [0.4, 0.5) is 0 Å². The van der Waals surface area contributed by atoms with Crippen LogP contribution >= 0.6 is 0 Å². The Morgan fingerprint density at radius 1 is 1.40 bits per heavy atom. The molecule has 0 radical (unpaired) electrons. The Morgan fingerprint density at radius 3 is 2.20 bits per heavy atom. The predicted octanol–water partition coefficient (Wildman–Crippen LogP) is 1.16. The van der Waals surface area contributed by atoms with Gasteiger partial charge in [-0.15, -0.1) is 0 Å². The van der Waals surface area contributed by atoms with Crippen molar-refractivity contribution in [3.05, 3.63) is 0 Å². The van der Waals surface area contributed by atoms with E-state index in [1.807, 2.05) is 13.7 Å². The van der Waals surface area contributed by atoms with Gasteiger partial charge in [-0.2, -0.15) is 0 Å². The van der Waals surface area contributed by atoms with Crippen molar-refractivity contribution < 1.29 is 14.3 Å². The molecule has 3 nitrogen and oxygen atoms in total. The third kappa shape index (κ3) is 10.2. The maximum atomic E-state index is 10.3. The van der Waals surface area contributed by atoms with Crippen molar-refractivity contribution in [2.45, 2.75) is 26.7 Å². The molecule has 0 aliphatic heterocycles. The van der Waals surface area contributed by atoms with Gasteiger partial charge in [-0.1, -0.05) is 13.8 Å². The zero-order valence-corrected chi connectivity index (χ0v) is 6.55. The van der Waals surface area contributed by atoms with Gasteiger partial charge in [0.05, 0.1) is 6.61 Å². The SMILES string of the molecule is C=O.CCCOC(=O)CC. The van der Waals surface area contributed by atoms with Gasteiger partial charge in [0, 0.05) is 6.42 Å². The van der Waals surface area contributed by atoms with Crippen molar-refractivity contribution >= 4 is 12.8 Å². The van der Waals surface area contributed by atoms with E-state index in [-0.39, 0.29) is 5.97 Å². The zero-order valence-electron chi connectivity index (χ0n) is 6.55. The van der Waals surface area contributed by atoms with Gasteiger partial charge >= 0.3 is 5.97 Å². The first kappa shape index (κ1) is 11.9. The van der Waals surface area contributed by atoms with E-state index in [9.17, 15) is 4.79 Å². The van der Waals surface area contributed by atoms with Gasteiger partial charge in [-0.25, -0.2) is 0 Å². The first-order valence-electron chi connectivity index (χ1n) is 3.25. The fraction of sp³-hybridized carbons (Fsp3) is 0.714. The second-order valence-electron chi connectivity index (χ2n) is 1.57. The Bertz CT molecular complexity index is 80.9. The van der Waals surface area contributed by atoms with Crippen LogP contribution in [0.15, 0.2) is 0 Å². The van der Waals surface area contributed by atoms with Crippen LogP contribution in [0.25, 0.3) is 0 Å². The van der Waals surface area contributed by atoms with E-state index in [1.165, 1.54) is 0 Å². The smallest absolute Gasteiger partial charge is 0.305 e. The molecule has 0 aliphatic carbocycles. The highest BCUT2D eigenvalue weighted by Gasteiger charge is 1.93. The standard InChI is InChI=1S/C6H12O2.CH2O/c1-3-5-8-6(7)4-2;1-2/h3-5H2,1-2H3;1H2. The minimum Gasteiger partial charge on any atom is -0.466 e. The average Bonchev–Trinajstić information content (AvgIpc) is 2.04. The summed E-state index contributed by atoms with van der Waals surface area (Å²) in [7, 11) is 0. The Kier molecular flexibility index (Phi) is 13.1. The van der Waals surface area contributed by atoms with Crippen LogP contribution in [0.2, 0.25) is 0 Å². The van der Waals surface area contributed by atoms with E-state index in [0.717, 1.165) is 6.42 Å². The summed E-state index contributed by atoms with van der Waals surface area (Å²) in [5.74, 6) is -0.105. The lowest BCUT2D eigenvalue weighted by molar-refractivity contribution is -0.143. The largest absolute Gasteiger partial charge is 0.466 e. The zero-order chi connectivity index (χ0) is 8.41. The first-order valence-corrected chi connectivity index (χ1v) is 3.25. The quantitative estimate of drug-likeness (QED) is 0.561. The van der Waals surface area contributed by atoms with Crippen molar-refractivity contribution in [2.24, 2.45) is 0 Å². The molecule has 0 fully saturated rings. The third-order valence-corrected chi connectivity index (χ3v) is 0.756. The summed E-state index contributed by atoms with van der Waals surface area (Å²) in [5, 5.41) is 0. The minimum absolute atomic E-state index is 0.105. The van der Waals surface area contributed by atoms with Crippen molar-refractivity contribution in [1.29, 1.82) is 0 Å². The van der Waals surface area contributed by atoms with E-state index < -0.39 is 0 Å². The molecule has 0 aromatic heterocycles. The van der Waals surface area contributed by atoms with E-state index in [4.69, 9.17) is 9.53 Å². The molecular weight excluding hydrogens is 132 g/mol. The lowest BCUT2D eigenvalue weighted by Crippen LogP contribution is -2.02. The van der Waals surface area contributed by atoms with Gasteiger partial charge in [0.2, 0.25) is 0 Å². The van der Waals surface area contributed by atoms with Crippen molar-refractivity contribution in [3.63, 3.8) is 0 Å². The summed E-state index contributed by atoms with van der Waals surface area (Å²) in [6, 6.07) is 0. The molecule has 0 aromatic carbocycles. The number of carbonyl (C=O) groups excluding carboxylic acids is 2. The number of rotatable bonds is 3. The molecule has 0 unspecified atom stereocenters. The van der Waals surface area contributed by atoms with Gasteiger partial charge in [0.1, 0.15) is 6.79 Å². The van der Waals surface area contributed by atoms with Gasteiger partial charge in [-0.05, 0) is 6.42 Å². The number of hydrogen-bond acceptors (Lipinski definition) is 3. The lowest BCUT2D eigenvalue weighted by Gasteiger charge is -1.97. The van der Waals surface area contributed by atoms with Crippen LogP contribution < -0.4 is 0 Å². The molecule has 0 spiro atoms. The fourth-order valence-corrected chi connectivity index (χ4v) is 0.318. The highest BCUT2D eigenvalue weighted by atomic mass is 16.5. The lowest BCUT2D eigenvalue weighted by atomic mass is 10.5. The van der Waals surface area contributed by atoms with Crippen molar-refractivity contribution in [2.75, 3.05) is 6.61 Å². The number of ether oxygens (including phenoxy) is 1. The molecule has 0 aliphatic rings. The van der Waals surface area contributed by atoms with Crippen LogP contribution in [-0.4, -0.2) is 19.4 Å². The molecule has 10 heavy (non-hydrogen) atoms. The summed E-state index contributed by atoms with van der Waals surface area (Å²) in [4.78, 5) is 18.3. The molecular formula is C7H14O3. The Morgan fingerprint density at radius 2 is 1.90 bits per heavy atom. The second-order valence-corrected chi connectivity index (χ2v) is 1.57. The molecule has 0 saturated carbocycles. The van der Waals surface area contributed by atoms with E-state index in [0.29, 0.717) is 13.0 Å². The molecule has 0 atom stereocenters. The summed E-state index contributed by atoms with van der Waals surface area (Å²) in [6.45, 7) is 6.33. The van der Waals surface area contributed by atoms with E-state index >= 15 is 0 Å². The molecule has 0 heterocycles. The maximum Gasteiger partial charge on any atom is 0.305 e. The molecule has 0 bridgehead atoms. The van der Waals surface area contributed by atoms with Gasteiger partial charge in [0.15, 0.2) is 0 Å². The van der Waals surface area contributed by atoms with Crippen molar-refractivity contribution in [1.82, 2.24) is 0 Å². The number of hydrogen-bond donors (Lipinski definition) is 0. The molecule has 0 N–H and O–H groups in total. The Hall–Kier alpha value is -0.860. The topological polar surface area (TPSA) is 43.4 Å². The molecule has 60 valence electrons. The first-order chi connectivity index (χ1) is 4.81. The molecule has 0 rings (SSSR count). The van der Waals surface area contributed by atoms with Crippen LogP contribution in [0.3, 0.4) is 0 Å². The minimum atomic E-state index is -0.105. The average molecular weight is 146 g/mol. The molecule has 0 amide bonds. The van der Waals surface area contributed by atoms with Gasteiger partial charge < -0.3 is 9.53 Å². The van der Waals surface area contributed by atoms with Crippen molar-refractivity contribution in [3.8, 4) is 0 Å². The molecule has 0 saturated heterocycles. The monoisotopic (exact) mass is 146 g/mol. The predicted molar refractivity (Wildman–Crippen MR) is 38.7 cm³/mol. The number of esters is 1. The molecule has 3 heteroatoms. The van der Waals surface area contributed by atoms with Gasteiger partial charge in [-0.3, -0.25) is 4.79 Å². The van der Waals surface area contributed by atoms with Crippen LogP contribution in [0.1, 0.15) is 26.7 Å². The third-order valence-electron chi connectivity index (χ3n) is 0.756. The second kappa shape index (κ2) is 11.0. The van der Waals surface area contributed by atoms with E-state index in [1.54, 1.807) is 6.92 Å². The summed E-state index contributed by atoms with van der Waals surface area (Å²) in [5.41, 5.74) is 0. The summed E-state index contributed by atoms with van der Waals surface area (Å²) in [6.07, 6.45) is 1.39. The normalized spacial score (nSPS) is 7.40. The number of carbonyl (C=O) groups is 2. The van der Waals surface area contributed by atoms with Crippen LogP contribution in [0, 0.1) is 0 Å². The highest BCUT2D eigenvalue weighted by molar-refractivity contribution is 5.68. The summed E-state index contributed by atoms with van der Waals surface area (Å²) < 4.78 is 4.70. The maximum absolute atomic E-state index is 10.3. The molecule has 0 aromatic rings.